The molecule has 13 nitrogen and oxygen atoms in total. The first-order chi connectivity index (χ1) is 18.8. The fraction of sp³-hybridized carbons (Fsp3) is 0.333. The number of rotatable bonds is 12. The fourth-order valence-corrected chi connectivity index (χ4v) is 3.14. The van der Waals surface area contributed by atoms with E-state index in [1.165, 1.54) is 0 Å². The molecule has 0 aliphatic carbocycles. The third-order valence-electron chi connectivity index (χ3n) is 4.75. The van der Waals surface area contributed by atoms with Gasteiger partial charge in [0.15, 0.2) is 5.96 Å². The first-order valence-corrected chi connectivity index (χ1v) is 12.2. The van der Waals surface area contributed by atoms with E-state index in [2.05, 4.69) is 15.6 Å². The molecule has 10 N–H and O–H groups in total. The molecule has 0 radical (unpaired) electrons. The highest BCUT2D eigenvalue weighted by Crippen LogP contribution is 2.06. The van der Waals surface area contributed by atoms with E-state index in [4.69, 9.17) is 37.0 Å². The van der Waals surface area contributed by atoms with Crippen LogP contribution in [0.2, 0.25) is 0 Å². The minimum Gasteiger partial charge on any atom is -0.481 e. The average Bonchev–Trinajstić information content (AvgIpc) is 2.85. The van der Waals surface area contributed by atoms with E-state index in [0.717, 1.165) is 25.0 Å². The number of aliphatic imine (C=N–C) groups is 1. The van der Waals surface area contributed by atoms with Crippen LogP contribution in [0.25, 0.3) is 0 Å². The molecule has 0 spiro atoms. The third-order valence-corrected chi connectivity index (χ3v) is 4.75. The molecule has 3 amide bonds. The normalized spacial score (nSPS) is 11.1. The van der Waals surface area contributed by atoms with E-state index in [-0.39, 0.29) is 24.7 Å². The molecule has 40 heavy (non-hydrogen) atoms. The molecule has 0 unspecified atom stereocenters. The van der Waals surface area contributed by atoms with Gasteiger partial charge in [-0.3, -0.25) is 29.0 Å². The Bertz CT molecular complexity index is 1090. The molecule has 2 rings (SSSR count). The Hall–Kier alpha value is -4.94. The number of benzene rings is 2. The molecule has 218 valence electrons. The standard InChI is InChI=1S/C23H30N6O3.2C2H4O2/c24-21(31)19(14-16-8-3-1-4-9-16)29-22(32)18(12-7-13-27-23(25)26)28-20(30)15-17-10-5-2-6-11-17;2*1-2(3)4/h1-6,8-11,18-19H,7,12-15H2,(H2,24,31)(H,28,30)(H,29,32)(H4,25,26,27);2*1H3,(H,3,4)/t18-,19-;;/m0../s1. The van der Waals surface area contributed by atoms with Crippen LogP contribution in [-0.2, 0) is 36.8 Å². The number of aliphatic carboxylic acids is 2. The number of guanidine groups is 1. The second kappa shape index (κ2) is 20.1. The van der Waals surface area contributed by atoms with Gasteiger partial charge in [0.1, 0.15) is 12.1 Å². The molecule has 13 heteroatoms. The summed E-state index contributed by atoms with van der Waals surface area (Å²) in [5.41, 5.74) is 17.9. The molecule has 0 bridgehead atoms. The van der Waals surface area contributed by atoms with E-state index in [9.17, 15) is 14.4 Å². The van der Waals surface area contributed by atoms with Gasteiger partial charge in [0, 0.05) is 26.8 Å². The Kier molecular flexibility index (Phi) is 17.6. The molecular weight excluding hydrogens is 520 g/mol. The predicted molar refractivity (Wildman–Crippen MR) is 150 cm³/mol. The molecule has 0 saturated carbocycles. The lowest BCUT2D eigenvalue weighted by molar-refractivity contribution is -0.135. The van der Waals surface area contributed by atoms with Gasteiger partial charge in [0.25, 0.3) is 11.9 Å². The van der Waals surface area contributed by atoms with Crippen LogP contribution in [0.15, 0.2) is 65.7 Å². The van der Waals surface area contributed by atoms with Gasteiger partial charge in [0.05, 0.1) is 6.42 Å². The number of hydrogen-bond acceptors (Lipinski definition) is 6. The zero-order valence-corrected chi connectivity index (χ0v) is 22.6. The van der Waals surface area contributed by atoms with Crippen molar-refractivity contribution in [1.82, 2.24) is 10.6 Å². The summed E-state index contributed by atoms with van der Waals surface area (Å²) in [6.45, 7) is 2.48. The maximum atomic E-state index is 12.9. The molecule has 2 atom stereocenters. The van der Waals surface area contributed by atoms with Crippen molar-refractivity contribution in [2.75, 3.05) is 6.54 Å². The minimum absolute atomic E-state index is 0.0456. The zero-order chi connectivity index (χ0) is 30.5. The molecule has 2 aromatic carbocycles. The molecule has 0 fully saturated rings. The number of nitrogens with zero attached hydrogens (tertiary/aromatic N) is 1. The van der Waals surface area contributed by atoms with Crippen LogP contribution in [0.5, 0.6) is 0 Å². The summed E-state index contributed by atoms with van der Waals surface area (Å²) in [5.74, 6) is -3.17. The largest absolute Gasteiger partial charge is 0.481 e. The Labute approximate surface area is 232 Å². The van der Waals surface area contributed by atoms with E-state index >= 15 is 0 Å². The first-order valence-electron chi connectivity index (χ1n) is 12.2. The van der Waals surface area contributed by atoms with Crippen LogP contribution in [0.3, 0.4) is 0 Å². The Morgan fingerprint density at radius 3 is 1.70 bits per heavy atom. The lowest BCUT2D eigenvalue weighted by atomic mass is 10.0. The second-order valence-electron chi connectivity index (χ2n) is 8.42. The van der Waals surface area contributed by atoms with Crippen molar-refractivity contribution in [3.8, 4) is 0 Å². The van der Waals surface area contributed by atoms with E-state index < -0.39 is 35.8 Å². The highest BCUT2D eigenvalue weighted by atomic mass is 16.4. The molecule has 0 aliphatic rings. The Balaban J connectivity index is 0.00000167. The van der Waals surface area contributed by atoms with Gasteiger partial charge in [-0.2, -0.15) is 0 Å². The minimum atomic E-state index is -0.906. The van der Waals surface area contributed by atoms with Crippen molar-refractivity contribution in [3.63, 3.8) is 0 Å². The lowest BCUT2D eigenvalue weighted by Crippen LogP contribution is -2.53. The monoisotopic (exact) mass is 558 g/mol. The lowest BCUT2D eigenvalue weighted by Gasteiger charge is -2.22. The quantitative estimate of drug-likeness (QED) is 0.106. The number of nitrogens with one attached hydrogen (secondary N) is 2. The summed E-state index contributed by atoms with van der Waals surface area (Å²) in [5, 5.41) is 20.3. The number of carbonyl (C=O) groups is 5. The van der Waals surface area contributed by atoms with Crippen molar-refractivity contribution in [1.29, 1.82) is 0 Å². The van der Waals surface area contributed by atoms with Crippen LogP contribution in [0.1, 0.15) is 37.8 Å². The summed E-state index contributed by atoms with van der Waals surface area (Å²) in [6.07, 6.45) is 1.13. The number of nitrogens with two attached hydrogens (primary N) is 3. The van der Waals surface area contributed by atoms with Crippen LogP contribution >= 0.6 is 0 Å². The summed E-state index contributed by atoms with van der Waals surface area (Å²) in [6, 6.07) is 16.6. The molecular formula is C27H38N6O7. The molecule has 0 aromatic heterocycles. The van der Waals surface area contributed by atoms with Crippen molar-refractivity contribution < 1.29 is 34.2 Å². The number of primary amides is 1. The van der Waals surface area contributed by atoms with Crippen molar-refractivity contribution in [2.45, 2.75) is 51.6 Å². The maximum Gasteiger partial charge on any atom is 0.300 e. The number of amides is 3. The van der Waals surface area contributed by atoms with Gasteiger partial charge in [0.2, 0.25) is 17.7 Å². The van der Waals surface area contributed by atoms with Gasteiger partial charge in [-0.15, -0.1) is 0 Å². The summed E-state index contributed by atoms with van der Waals surface area (Å²) < 4.78 is 0. The number of carboxylic acid groups (broad SMARTS) is 2. The summed E-state index contributed by atoms with van der Waals surface area (Å²) in [4.78, 5) is 59.3. The fourth-order valence-electron chi connectivity index (χ4n) is 3.14. The topological polar surface area (TPSA) is 240 Å². The van der Waals surface area contributed by atoms with Gasteiger partial charge < -0.3 is 38.0 Å². The zero-order valence-electron chi connectivity index (χ0n) is 22.6. The van der Waals surface area contributed by atoms with Crippen LogP contribution in [0, 0.1) is 0 Å². The summed E-state index contributed by atoms with van der Waals surface area (Å²) in [7, 11) is 0. The van der Waals surface area contributed by atoms with Crippen LogP contribution in [0.4, 0.5) is 0 Å². The van der Waals surface area contributed by atoms with Gasteiger partial charge in [-0.1, -0.05) is 60.7 Å². The third kappa shape index (κ3) is 19.2. The SMILES string of the molecule is CC(=O)O.CC(=O)O.NC(=O)[C@H](Cc1ccccc1)NC(=O)[C@H](CCCN=C(N)N)NC(=O)Cc1ccccc1. The van der Waals surface area contributed by atoms with Crippen LogP contribution in [-0.4, -0.2) is 64.5 Å². The Morgan fingerprint density at radius 2 is 1.25 bits per heavy atom. The van der Waals surface area contributed by atoms with Crippen molar-refractivity contribution >= 4 is 35.6 Å². The van der Waals surface area contributed by atoms with E-state index in [1.807, 2.05) is 60.7 Å². The second-order valence-corrected chi connectivity index (χ2v) is 8.42. The highest BCUT2D eigenvalue weighted by molar-refractivity contribution is 5.92. The van der Waals surface area contributed by atoms with Crippen LogP contribution < -0.4 is 27.8 Å². The first kappa shape index (κ1) is 35.1. The predicted octanol–water partition coefficient (Wildman–Crippen LogP) is 0.162. The van der Waals surface area contributed by atoms with Gasteiger partial charge >= 0.3 is 0 Å². The molecule has 0 aliphatic heterocycles. The van der Waals surface area contributed by atoms with E-state index in [1.54, 1.807) is 0 Å². The molecule has 2 aromatic rings. The van der Waals surface area contributed by atoms with Crippen molar-refractivity contribution in [2.24, 2.45) is 22.2 Å². The van der Waals surface area contributed by atoms with Gasteiger partial charge in [-0.25, -0.2) is 0 Å². The average molecular weight is 559 g/mol. The number of hydrogen-bond donors (Lipinski definition) is 7. The summed E-state index contributed by atoms with van der Waals surface area (Å²) >= 11 is 0. The molecule has 0 heterocycles. The Morgan fingerprint density at radius 1 is 0.775 bits per heavy atom. The number of carboxylic acids is 2. The van der Waals surface area contributed by atoms with E-state index in [0.29, 0.717) is 19.4 Å². The highest BCUT2D eigenvalue weighted by Gasteiger charge is 2.25. The number of carbonyl (C=O) groups excluding carboxylic acids is 3. The maximum absolute atomic E-state index is 12.9. The van der Waals surface area contributed by atoms with Gasteiger partial charge in [-0.05, 0) is 24.0 Å². The molecule has 0 saturated heterocycles. The van der Waals surface area contributed by atoms with Crippen molar-refractivity contribution in [3.05, 3.63) is 71.8 Å². The smallest absolute Gasteiger partial charge is 0.300 e.